The number of fused-ring (bicyclic) bond motifs is 1. The predicted octanol–water partition coefficient (Wildman–Crippen LogP) is 4.05. The van der Waals surface area contributed by atoms with Crippen LogP contribution in [0.4, 0.5) is 8.78 Å². The molecule has 0 radical (unpaired) electrons. The molecule has 0 spiro atoms. The number of aromatic nitrogens is 2. The lowest BCUT2D eigenvalue weighted by Gasteiger charge is -2.10. The fourth-order valence-electron chi connectivity index (χ4n) is 2.33. The highest BCUT2D eigenvalue weighted by Gasteiger charge is 2.19. The van der Waals surface area contributed by atoms with E-state index in [9.17, 15) is 8.78 Å². The Bertz CT molecular complexity index is 797. The Hall–Kier alpha value is -2.14. The van der Waals surface area contributed by atoms with E-state index in [1.54, 1.807) is 18.2 Å². The molecule has 21 heavy (non-hydrogen) atoms. The largest absolute Gasteiger partial charge is 0.494 e. The number of nitrogens with zero attached hydrogens (tertiary/aromatic N) is 2. The number of hydrogen-bond donors (Lipinski definition) is 0. The summed E-state index contributed by atoms with van der Waals surface area (Å²) in [6, 6.07) is 8.89. The van der Waals surface area contributed by atoms with Gasteiger partial charge in [-0.3, -0.25) is 4.57 Å². The van der Waals surface area contributed by atoms with E-state index in [0.717, 1.165) is 0 Å². The minimum atomic E-state index is -0.677. The summed E-state index contributed by atoms with van der Waals surface area (Å²) < 4.78 is 34.8. The van der Waals surface area contributed by atoms with Crippen LogP contribution in [0.1, 0.15) is 5.82 Å². The number of para-hydroxylation sites is 2. The third-order valence-electron chi connectivity index (χ3n) is 3.22. The van der Waals surface area contributed by atoms with Crippen molar-refractivity contribution >= 4 is 22.6 Å². The topological polar surface area (TPSA) is 27.1 Å². The van der Waals surface area contributed by atoms with Crippen molar-refractivity contribution in [2.45, 2.75) is 5.88 Å². The molecule has 3 rings (SSSR count). The third-order valence-corrected chi connectivity index (χ3v) is 3.46. The third kappa shape index (κ3) is 2.14. The zero-order valence-electron chi connectivity index (χ0n) is 11.1. The lowest BCUT2D eigenvalue weighted by atomic mass is 10.2. The summed E-state index contributed by atoms with van der Waals surface area (Å²) in [6.07, 6.45) is 0. The van der Waals surface area contributed by atoms with Gasteiger partial charge in [-0.25, -0.2) is 13.8 Å². The molecule has 0 amide bonds. The van der Waals surface area contributed by atoms with Crippen LogP contribution in [-0.2, 0) is 5.88 Å². The van der Waals surface area contributed by atoms with Gasteiger partial charge in [0.1, 0.15) is 34.4 Å². The summed E-state index contributed by atoms with van der Waals surface area (Å²) in [5.41, 5.74) is 0.858. The van der Waals surface area contributed by atoms with Gasteiger partial charge in [0.05, 0.1) is 18.5 Å². The van der Waals surface area contributed by atoms with Gasteiger partial charge < -0.3 is 4.74 Å². The molecule has 0 aliphatic carbocycles. The van der Waals surface area contributed by atoms with Gasteiger partial charge in [-0.15, -0.1) is 11.6 Å². The van der Waals surface area contributed by atoms with E-state index in [2.05, 4.69) is 4.98 Å². The molecule has 0 aliphatic rings. The number of hydrogen-bond acceptors (Lipinski definition) is 2. The normalized spacial score (nSPS) is 11.0. The van der Waals surface area contributed by atoms with Gasteiger partial charge in [-0.05, 0) is 24.3 Å². The van der Waals surface area contributed by atoms with Crippen molar-refractivity contribution in [2.75, 3.05) is 7.11 Å². The fourth-order valence-corrected chi connectivity index (χ4v) is 2.51. The fraction of sp³-hybridized carbons (Fsp3) is 0.133. The molecule has 108 valence electrons. The molecule has 0 unspecified atom stereocenters. The van der Waals surface area contributed by atoms with Crippen LogP contribution in [0.2, 0.25) is 0 Å². The number of benzene rings is 2. The second kappa shape index (κ2) is 5.33. The van der Waals surface area contributed by atoms with Crippen LogP contribution in [0.5, 0.6) is 5.75 Å². The van der Waals surface area contributed by atoms with E-state index in [-0.39, 0.29) is 11.6 Å². The van der Waals surface area contributed by atoms with Gasteiger partial charge in [-0.1, -0.05) is 12.1 Å². The highest BCUT2D eigenvalue weighted by molar-refractivity contribution is 6.17. The van der Waals surface area contributed by atoms with Crippen molar-refractivity contribution in [1.82, 2.24) is 9.55 Å². The SMILES string of the molecule is COc1cccc2c1nc(CCl)n2-c1c(F)cccc1F. The van der Waals surface area contributed by atoms with Gasteiger partial charge >= 0.3 is 0 Å². The first kappa shape index (κ1) is 13.8. The summed E-state index contributed by atoms with van der Waals surface area (Å²) >= 11 is 5.88. The van der Waals surface area contributed by atoms with Crippen molar-refractivity contribution in [3.63, 3.8) is 0 Å². The van der Waals surface area contributed by atoms with Crippen molar-refractivity contribution < 1.29 is 13.5 Å². The maximum absolute atomic E-state index is 14.1. The van der Waals surface area contributed by atoms with Crippen LogP contribution >= 0.6 is 11.6 Å². The molecule has 6 heteroatoms. The molecule has 1 heterocycles. The molecule has 1 aromatic heterocycles. The maximum atomic E-state index is 14.1. The van der Waals surface area contributed by atoms with Crippen LogP contribution in [0.25, 0.3) is 16.7 Å². The summed E-state index contributed by atoms with van der Waals surface area (Å²) in [7, 11) is 1.51. The number of imidazole rings is 1. The first-order chi connectivity index (χ1) is 10.2. The molecule has 0 aliphatic heterocycles. The van der Waals surface area contributed by atoms with Crippen molar-refractivity contribution in [2.24, 2.45) is 0 Å². The number of ether oxygens (including phenoxy) is 1. The van der Waals surface area contributed by atoms with Crippen molar-refractivity contribution in [1.29, 1.82) is 0 Å². The molecule has 0 N–H and O–H groups in total. The Morgan fingerprint density at radius 2 is 1.81 bits per heavy atom. The molecule has 0 saturated heterocycles. The monoisotopic (exact) mass is 308 g/mol. The zero-order chi connectivity index (χ0) is 15.0. The Morgan fingerprint density at radius 1 is 1.14 bits per heavy atom. The van der Waals surface area contributed by atoms with Crippen molar-refractivity contribution in [3.8, 4) is 11.4 Å². The molecular formula is C15H11ClF2N2O. The number of rotatable bonds is 3. The quantitative estimate of drug-likeness (QED) is 0.683. The summed E-state index contributed by atoms with van der Waals surface area (Å²) in [6.45, 7) is 0. The lowest BCUT2D eigenvalue weighted by Crippen LogP contribution is -2.04. The first-order valence-electron chi connectivity index (χ1n) is 6.22. The van der Waals surface area contributed by atoms with Crippen molar-refractivity contribution in [3.05, 3.63) is 53.9 Å². The molecule has 3 nitrogen and oxygen atoms in total. The van der Waals surface area contributed by atoms with Gasteiger partial charge in [0.25, 0.3) is 0 Å². The Morgan fingerprint density at radius 3 is 2.43 bits per heavy atom. The molecule has 0 fully saturated rings. The Kier molecular flexibility index (Phi) is 3.51. The van der Waals surface area contributed by atoms with Crippen LogP contribution < -0.4 is 4.74 Å². The van der Waals surface area contributed by atoms with Crippen LogP contribution in [0.3, 0.4) is 0 Å². The van der Waals surface area contributed by atoms with E-state index < -0.39 is 11.6 Å². The van der Waals surface area contributed by atoms with Gasteiger partial charge in [0.2, 0.25) is 0 Å². The highest BCUT2D eigenvalue weighted by atomic mass is 35.5. The molecule has 0 atom stereocenters. The molecule has 0 saturated carbocycles. The van der Waals surface area contributed by atoms with Gasteiger partial charge in [0.15, 0.2) is 0 Å². The molecule has 3 aromatic rings. The second-order valence-corrected chi connectivity index (χ2v) is 4.66. The van der Waals surface area contributed by atoms with E-state index in [0.29, 0.717) is 22.6 Å². The molecule has 0 bridgehead atoms. The molecule has 2 aromatic carbocycles. The Labute approximate surface area is 124 Å². The van der Waals surface area contributed by atoms with Crippen LogP contribution in [-0.4, -0.2) is 16.7 Å². The van der Waals surface area contributed by atoms with Crippen LogP contribution in [0, 0.1) is 11.6 Å². The predicted molar refractivity (Wildman–Crippen MR) is 77.1 cm³/mol. The van der Waals surface area contributed by atoms with E-state index in [1.165, 1.54) is 29.9 Å². The van der Waals surface area contributed by atoms with Gasteiger partial charge in [-0.2, -0.15) is 0 Å². The van der Waals surface area contributed by atoms with Gasteiger partial charge in [0, 0.05) is 0 Å². The summed E-state index contributed by atoms with van der Waals surface area (Å²) in [5.74, 6) is -0.465. The van der Waals surface area contributed by atoms with E-state index in [4.69, 9.17) is 16.3 Å². The highest BCUT2D eigenvalue weighted by Crippen LogP contribution is 2.31. The molecular weight excluding hydrogens is 298 g/mol. The number of halogens is 3. The second-order valence-electron chi connectivity index (χ2n) is 4.40. The lowest BCUT2D eigenvalue weighted by molar-refractivity contribution is 0.419. The minimum absolute atomic E-state index is 0.0195. The number of methoxy groups -OCH3 is 1. The Balaban J connectivity index is 2.42. The van der Waals surface area contributed by atoms with Crippen LogP contribution in [0.15, 0.2) is 36.4 Å². The zero-order valence-corrected chi connectivity index (χ0v) is 11.9. The van der Waals surface area contributed by atoms with E-state index in [1.807, 2.05) is 0 Å². The summed E-state index contributed by atoms with van der Waals surface area (Å²) in [4.78, 5) is 4.33. The maximum Gasteiger partial charge on any atom is 0.150 e. The van der Waals surface area contributed by atoms with E-state index >= 15 is 0 Å². The first-order valence-corrected chi connectivity index (χ1v) is 6.75. The number of alkyl halides is 1. The average Bonchev–Trinajstić information content (AvgIpc) is 2.86. The minimum Gasteiger partial charge on any atom is -0.494 e. The summed E-state index contributed by atoms with van der Waals surface area (Å²) in [5, 5.41) is 0. The standard InChI is InChI=1S/C15H11ClF2N2O/c1-21-12-7-3-6-11-14(12)19-13(8-16)20(11)15-9(17)4-2-5-10(15)18/h2-7H,8H2,1H3. The average molecular weight is 309 g/mol. The smallest absolute Gasteiger partial charge is 0.150 e.